The van der Waals surface area contributed by atoms with Gasteiger partial charge in [0.05, 0.1) is 0 Å². The van der Waals surface area contributed by atoms with E-state index in [0.29, 0.717) is 0 Å². The smallest absolute Gasteiger partial charge is 0.0365 e. The fourth-order valence-corrected chi connectivity index (χ4v) is 2.85. The summed E-state index contributed by atoms with van der Waals surface area (Å²) in [6.45, 7) is 11.9. The average Bonchev–Trinajstić information content (AvgIpc) is 2.24. The van der Waals surface area contributed by atoms with Gasteiger partial charge in [0, 0.05) is 0 Å². The minimum absolute atomic E-state index is 0.932. The molecule has 0 aromatic carbocycles. The molecule has 0 aromatic heterocycles. The van der Waals surface area contributed by atoms with Gasteiger partial charge in [-0.15, -0.1) is 0 Å². The van der Waals surface area contributed by atoms with Gasteiger partial charge in [0.2, 0.25) is 0 Å². The second kappa shape index (κ2) is 9.24. The van der Waals surface area contributed by atoms with Crippen molar-refractivity contribution in [2.24, 2.45) is 17.8 Å². The lowest BCUT2D eigenvalue weighted by Gasteiger charge is -2.28. The quantitative estimate of drug-likeness (QED) is 0.462. The van der Waals surface area contributed by atoms with Crippen molar-refractivity contribution in [2.45, 2.75) is 79.6 Å². The van der Waals surface area contributed by atoms with Gasteiger partial charge in [0.1, 0.15) is 0 Å². The molecule has 0 radical (unpaired) electrons. The highest BCUT2D eigenvalue weighted by atomic mass is 14.3. The van der Waals surface area contributed by atoms with E-state index in [1.165, 1.54) is 44.9 Å². The van der Waals surface area contributed by atoms with Gasteiger partial charge in [-0.2, -0.15) is 0 Å². The molecule has 0 amide bonds. The van der Waals surface area contributed by atoms with Crippen LogP contribution in [0.25, 0.3) is 0 Å². The first-order valence-corrected chi connectivity index (χ1v) is 7.17. The van der Waals surface area contributed by atoms with Crippen LogP contribution in [-0.2, 0) is 0 Å². The Morgan fingerprint density at radius 2 is 1.13 bits per heavy atom. The minimum Gasteiger partial charge on any atom is -0.0654 e. The summed E-state index contributed by atoms with van der Waals surface area (Å²) in [7, 11) is 0. The van der Waals surface area contributed by atoms with Crippen molar-refractivity contribution in [2.75, 3.05) is 0 Å². The highest BCUT2D eigenvalue weighted by Gasteiger charge is 2.20. The van der Waals surface area contributed by atoms with Crippen molar-refractivity contribution >= 4 is 0 Å². The van der Waals surface area contributed by atoms with Crippen LogP contribution in [0.2, 0.25) is 0 Å². The lowest BCUT2D eigenvalue weighted by Crippen LogP contribution is -2.19. The molecular formula is C15H32. The van der Waals surface area contributed by atoms with Crippen molar-refractivity contribution in [3.05, 3.63) is 0 Å². The Bertz CT molecular complexity index is 114. The lowest BCUT2D eigenvalue weighted by molar-refractivity contribution is 0.219. The SMILES string of the molecule is CCCCC(C)C(CC)C(C)CCCC. The Kier molecular flexibility index (Phi) is 9.24. The maximum absolute atomic E-state index is 2.46. The molecular weight excluding hydrogens is 180 g/mol. The highest BCUT2D eigenvalue weighted by Crippen LogP contribution is 2.31. The first-order valence-electron chi connectivity index (χ1n) is 7.17. The molecule has 0 saturated carbocycles. The zero-order valence-corrected chi connectivity index (χ0v) is 11.7. The summed E-state index contributed by atoms with van der Waals surface area (Å²) in [6.07, 6.45) is 9.78. The fourth-order valence-electron chi connectivity index (χ4n) is 2.85. The van der Waals surface area contributed by atoms with Crippen LogP contribution in [0.1, 0.15) is 79.6 Å². The van der Waals surface area contributed by atoms with Crippen molar-refractivity contribution in [3.63, 3.8) is 0 Å². The van der Waals surface area contributed by atoms with Crippen LogP contribution in [0.15, 0.2) is 0 Å². The van der Waals surface area contributed by atoms with Crippen LogP contribution in [-0.4, -0.2) is 0 Å². The van der Waals surface area contributed by atoms with Crippen molar-refractivity contribution in [1.29, 1.82) is 0 Å². The fraction of sp³-hybridized carbons (Fsp3) is 1.00. The molecule has 0 N–H and O–H groups in total. The van der Waals surface area contributed by atoms with E-state index in [1.54, 1.807) is 0 Å². The molecule has 0 fully saturated rings. The van der Waals surface area contributed by atoms with Gasteiger partial charge >= 0.3 is 0 Å². The van der Waals surface area contributed by atoms with E-state index in [-0.39, 0.29) is 0 Å². The van der Waals surface area contributed by atoms with E-state index in [0.717, 1.165) is 17.8 Å². The second-order valence-corrected chi connectivity index (χ2v) is 5.31. The molecule has 0 bridgehead atoms. The predicted octanol–water partition coefficient (Wildman–Crippen LogP) is 5.67. The van der Waals surface area contributed by atoms with E-state index < -0.39 is 0 Å². The number of hydrogen-bond acceptors (Lipinski definition) is 0. The van der Waals surface area contributed by atoms with Crippen LogP contribution in [0.5, 0.6) is 0 Å². The number of hydrogen-bond donors (Lipinski definition) is 0. The normalized spacial score (nSPS) is 17.4. The van der Waals surface area contributed by atoms with Gasteiger partial charge < -0.3 is 0 Å². The molecule has 0 aromatic rings. The Balaban J connectivity index is 3.96. The summed E-state index contributed by atoms with van der Waals surface area (Å²) in [6, 6.07) is 0. The van der Waals surface area contributed by atoms with Crippen molar-refractivity contribution in [3.8, 4) is 0 Å². The van der Waals surface area contributed by atoms with Gasteiger partial charge in [-0.3, -0.25) is 0 Å². The van der Waals surface area contributed by atoms with Gasteiger partial charge in [0.25, 0.3) is 0 Å². The maximum atomic E-state index is 2.46. The summed E-state index contributed by atoms with van der Waals surface area (Å²) in [5.74, 6) is 2.83. The third-order valence-corrected chi connectivity index (χ3v) is 3.96. The van der Waals surface area contributed by atoms with Gasteiger partial charge in [0.15, 0.2) is 0 Å². The molecule has 0 heteroatoms. The molecule has 0 aliphatic rings. The Hall–Kier alpha value is 0. The Labute approximate surface area is 97.8 Å². The van der Waals surface area contributed by atoms with E-state index >= 15 is 0 Å². The van der Waals surface area contributed by atoms with Crippen molar-refractivity contribution in [1.82, 2.24) is 0 Å². The maximum Gasteiger partial charge on any atom is -0.0365 e. The highest BCUT2D eigenvalue weighted by molar-refractivity contribution is 4.71. The molecule has 0 aliphatic heterocycles. The van der Waals surface area contributed by atoms with Crippen LogP contribution in [0.3, 0.4) is 0 Å². The van der Waals surface area contributed by atoms with Crippen LogP contribution in [0, 0.1) is 17.8 Å². The second-order valence-electron chi connectivity index (χ2n) is 5.31. The van der Waals surface area contributed by atoms with Crippen molar-refractivity contribution < 1.29 is 0 Å². The molecule has 0 nitrogen and oxygen atoms in total. The topological polar surface area (TPSA) is 0 Å². The molecule has 0 saturated heterocycles. The van der Waals surface area contributed by atoms with E-state index in [2.05, 4.69) is 34.6 Å². The summed E-state index contributed by atoms with van der Waals surface area (Å²) < 4.78 is 0. The van der Waals surface area contributed by atoms with Gasteiger partial charge in [-0.05, 0) is 17.8 Å². The zero-order valence-electron chi connectivity index (χ0n) is 11.7. The standard InChI is InChI=1S/C15H32/c1-6-9-11-13(4)15(8-3)14(5)12-10-7-2/h13-15H,6-12H2,1-5H3. The summed E-state index contributed by atoms with van der Waals surface area (Å²) in [4.78, 5) is 0. The largest absolute Gasteiger partial charge is 0.0654 e. The predicted molar refractivity (Wildman–Crippen MR) is 71.2 cm³/mol. The zero-order chi connectivity index (χ0) is 11.7. The molecule has 0 heterocycles. The summed E-state index contributed by atoms with van der Waals surface area (Å²) >= 11 is 0. The van der Waals surface area contributed by atoms with Crippen LogP contribution in [0.4, 0.5) is 0 Å². The molecule has 0 spiro atoms. The molecule has 2 atom stereocenters. The first kappa shape index (κ1) is 15.0. The number of rotatable bonds is 9. The first-order chi connectivity index (χ1) is 7.17. The summed E-state index contributed by atoms with van der Waals surface area (Å²) in [5, 5.41) is 0. The number of unbranched alkanes of at least 4 members (excludes halogenated alkanes) is 2. The Morgan fingerprint density at radius 3 is 1.40 bits per heavy atom. The third kappa shape index (κ3) is 6.22. The van der Waals surface area contributed by atoms with Gasteiger partial charge in [-0.25, -0.2) is 0 Å². The monoisotopic (exact) mass is 212 g/mol. The lowest BCUT2D eigenvalue weighted by atomic mass is 9.77. The third-order valence-electron chi connectivity index (χ3n) is 3.96. The molecule has 2 unspecified atom stereocenters. The molecule has 92 valence electrons. The molecule has 0 aliphatic carbocycles. The molecule has 0 rings (SSSR count). The average molecular weight is 212 g/mol. The van der Waals surface area contributed by atoms with E-state index in [1.807, 2.05) is 0 Å². The molecule has 15 heavy (non-hydrogen) atoms. The van der Waals surface area contributed by atoms with Crippen LogP contribution >= 0.6 is 0 Å². The summed E-state index contributed by atoms with van der Waals surface area (Å²) in [5.41, 5.74) is 0. The Morgan fingerprint density at radius 1 is 0.733 bits per heavy atom. The minimum atomic E-state index is 0.932. The van der Waals surface area contributed by atoms with Crippen LogP contribution < -0.4 is 0 Å². The van der Waals surface area contributed by atoms with E-state index in [4.69, 9.17) is 0 Å². The van der Waals surface area contributed by atoms with E-state index in [9.17, 15) is 0 Å². The van der Waals surface area contributed by atoms with Gasteiger partial charge in [-0.1, -0.05) is 79.6 Å².